The Labute approximate surface area is 183 Å². The lowest BCUT2D eigenvalue weighted by atomic mass is 10.1. The van der Waals surface area contributed by atoms with E-state index < -0.39 is 17.6 Å². The monoisotopic (exact) mass is 450 g/mol. The second-order valence-electron chi connectivity index (χ2n) is 7.42. The number of nitrogens with zero attached hydrogens (tertiary/aromatic N) is 3. The highest BCUT2D eigenvalue weighted by atomic mass is 19.4. The first-order valence-corrected chi connectivity index (χ1v) is 10.3. The van der Waals surface area contributed by atoms with Gasteiger partial charge in [0, 0.05) is 50.6 Å². The molecule has 1 saturated heterocycles. The smallest absolute Gasteiger partial charge is 0.368 e. The van der Waals surface area contributed by atoms with Crippen LogP contribution in [0.3, 0.4) is 0 Å². The number of nitrogens with one attached hydrogen (secondary N) is 3. The van der Waals surface area contributed by atoms with Gasteiger partial charge in [0.25, 0.3) is 5.91 Å². The SMILES string of the molecule is CC(=O)NCCNc1nc(Nc2ccc(C(=O)N3CCCCC3)cc2)ncc1C(F)(F)F. The number of hydrogen-bond acceptors (Lipinski definition) is 6. The van der Waals surface area contributed by atoms with E-state index in [4.69, 9.17) is 0 Å². The predicted octanol–water partition coefficient (Wildman–Crippen LogP) is 3.41. The Balaban J connectivity index is 1.69. The Bertz CT molecular complexity index is 944. The molecule has 32 heavy (non-hydrogen) atoms. The van der Waals surface area contributed by atoms with Crippen molar-refractivity contribution in [2.75, 3.05) is 36.8 Å². The Hall–Kier alpha value is -3.37. The zero-order valence-corrected chi connectivity index (χ0v) is 17.6. The van der Waals surface area contributed by atoms with Gasteiger partial charge in [0.1, 0.15) is 11.4 Å². The Morgan fingerprint density at radius 1 is 1.06 bits per heavy atom. The number of rotatable bonds is 7. The highest BCUT2D eigenvalue weighted by Crippen LogP contribution is 2.34. The van der Waals surface area contributed by atoms with Crippen LogP contribution in [0.25, 0.3) is 0 Å². The van der Waals surface area contributed by atoms with E-state index in [1.807, 2.05) is 4.90 Å². The number of carbonyl (C=O) groups is 2. The maximum Gasteiger partial charge on any atom is 0.421 e. The van der Waals surface area contributed by atoms with E-state index in [1.54, 1.807) is 24.3 Å². The van der Waals surface area contributed by atoms with E-state index in [0.717, 1.165) is 32.4 Å². The summed E-state index contributed by atoms with van der Waals surface area (Å²) in [6, 6.07) is 6.63. The second kappa shape index (κ2) is 10.3. The fourth-order valence-corrected chi connectivity index (χ4v) is 3.31. The fourth-order valence-electron chi connectivity index (χ4n) is 3.31. The minimum absolute atomic E-state index is 0.0323. The molecule has 2 heterocycles. The average Bonchev–Trinajstić information content (AvgIpc) is 2.76. The normalized spacial score (nSPS) is 14.1. The molecule has 1 aliphatic heterocycles. The van der Waals surface area contributed by atoms with E-state index in [0.29, 0.717) is 17.4 Å². The molecule has 0 unspecified atom stereocenters. The number of piperidine rings is 1. The summed E-state index contributed by atoms with van der Waals surface area (Å²) in [6.45, 7) is 3.02. The topological polar surface area (TPSA) is 99.2 Å². The summed E-state index contributed by atoms with van der Waals surface area (Å²) in [6.07, 6.45) is -0.810. The van der Waals surface area contributed by atoms with Crippen molar-refractivity contribution < 1.29 is 22.8 Å². The van der Waals surface area contributed by atoms with Gasteiger partial charge in [-0.1, -0.05) is 0 Å². The maximum absolute atomic E-state index is 13.3. The minimum Gasteiger partial charge on any atom is -0.368 e. The van der Waals surface area contributed by atoms with Gasteiger partial charge in [0.05, 0.1) is 0 Å². The molecule has 2 amide bonds. The van der Waals surface area contributed by atoms with Gasteiger partial charge in [-0.25, -0.2) is 4.98 Å². The summed E-state index contributed by atoms with van der Waals surface area (Å²) in [5.41, 5.74) is 0.0728. The molecular formula is C21H25F3N6O2. The molecule has 0 bridgehead atoms. The average molecular weight is 450 g/mol. The first-order chi connectivity index (χ1) is 15.2. The van der Waals surface area contributed by atoms with Crippen molar-refractivity contribution in [3.8, 4) is 0 Å². The highest BCUT2D eigenvalue weighted by molar-refractivity contribution is 5.94. The van der Waals surface area contributed by atoms with Gasteiger partial charge in [-0.15, -0.1) is 0 Å². The number of carbonyl (C=O) groups excluding carboxylic acids is 2. The van der Waals surface area contributed by atoms with Crippen LogP contribution in [-0.2, 0) is 11.0 Å². The van der Waals surface area contributed by atoms with Crippen molar-refractivity contribution in [1.29, 1.82) is 0 Å². The van der Waals surface area contributed by atoms with E-state index in [9.17, 15) is 22.8 Å². The number of amides is 2. The summed E-state index contributed by atoms with van der Waals surface area (Å²) < 4.78 is 39.8. The van der Waals surface area contributed by atoms with Crippen LogP contribution in [0, 0.1) is 0 Å². The van der Waals surface area contributed by atoms with Crippen LogP contribution in [-0.4, -0.2) is 52.9 Å². The molecule has 1 fully saturated rings. The first-order valence-electron chi connectivity index (χ1n) is 10.3. The lowest BCUT2D eigenvalue weighted by Crippen LogP contribution is -2.35. The zero-order valence-electron chi connectivity index (χ0n) is 17.6. The molecule has 0 radical (unpaired) electrons. The van der Waals surface area contributed by atoms with E-state index in [-0.39, 0.29) is 30.9 Å². The summed E-state index contributed by atoms with van der Waals surface area (Å²) in [5.74, 6) is -0.741. The van der Waals surface area contributed by atoms with Gasteiger partial charge in [-0.05, 0) is 43.5 Å². The Morgan fingerprint density at radius 2 is 1.75 bits per heavy atom. The number of halogens is 3. The Kier molecular flexibility index (Phi) is 7.49. The third kappa shape index (κ3) is 6.32. The molecule has 0 saturated carbocycles. The van der Waals surface area contributed by atoms with Crippen LogP contribution in [0.5, 0.6) is 0 Å². The van der Waals surface area contributed by atoms with Crippen molar-refractivity contribution in [2.45, 2.75) is 32.4 Å². The molecule has 2 aromatic rings. The van der Waals surface area contributed by atoms with Crippen molar-refractivity contribution in [2.24, 2.45) is 0 Å². The summed E-state index contributed by atoms with van der Waals surface area (Å²) in [5, 5.41) is 7.93. The first kappa shape index (κ1) is 23.3. The molecule has 1 aromatic carbocycles. The number of likely N-dealkylation sites (tertiary alicyclic amines) is 1. The molecule has 11 heteroatoms. The molecule has 0 spiro atoms. The molecule has 0 atom stereocenters. The predicted molar refractivity (Wildman–Crippen MR) is 114 cm³/mol. The van der Waals surface area contributed by atoms with Gasteiger partial charge in [0.2, 0.25) is 11.9 Å². The van der Waals surface area contributed by atoms with Gasteiger partial charge >= 0.3 is 6.18 Å². The summed E-state index contributed by atoms with van der Waals surface area (Å²) in [7, 11) is 0. The van der Waals surface area contributed by atoms with Crippen LogP contribution in [0.2, 0.25) is 0 Å². The van der Waals surface area contributed by atoms with E-state index >= 15 is 0 Å². The van der Waals surface area contributed by atoms with Gasteiger partial charge in [0.15, 0.2) is 0 Å². The van der Waals surface area contributed by atoms with Crippen molar-refractivity contribution in [3.05, 3.63) is 41.6 Å². The fraction of sp³-hybridized carbons (Fsp3) is 0.429. The molecule has 3 N–H and O–H groups in total. The maximum atomic E-state index is 13.3. The minimum atomic E-state index is -4.63. The van der Waals surface area contributed by atoms with Crippen LogP contribution < -0.4 is 16.0 Å². The third-order valence-corrected chi connectivity index (χ3v) is 4.92. The van der Waals surface area contributed by atoms with E-state index in [2.05, 4.69) is 25.9 Å². The van der Waals surface area contributed by atoms with Crippen LogP contribution in [0.15, 0.2) is 30.5 Å². The summed E-state index contributed by atoms with van der Waals surface area (Å²) >= 11 is 0. The van der Waals surface area contributed by atoms with Gasteiger partial charge in [-0.3, -0.25) is 9.59 Å². The molecule has 8 nitrogen and oxygen atoms in total. The van der Waals surface area contributed by atoms with Crippen molar-refractivity contribution in [1.82, 2.24) is 20.2 Å². The molecule has 1 aromatic heterocycles. The summed E-state index contributed by atoms with van der Waals surface area (Å²) in [4.78, 5) is 33.0. The van der Waals surface area contributed by atoms with Crippen molar-refractivity contribution in [3.63, 3.8) is 0 Å². The second-order valence-corrected chi connectivity index (χ2v) is 7.42. The van der Waals surface area contributed by atoms with Gasteiger partial charge < -0.3 is 20.9 Å². The number of hydrogen-bond donors (Lipinski definition) is 3. The largest absolute Gasteiger partial charge is 0.421 e. The molecule has 1 aliphatic rings. The number of aromatic nitrogens is 2. The molecule has 172 valence electrons. The third-order valence-electron chi connectivity index (χ3n) is 4.92. The molecular weight excluding hydrogens is 425 g/mol. The van der Waals surface area contributed by atoms with E-state index in [1.165, 1.54) is 6.92 Å². The standard InChI is InChI=1S/C21H25F3N6O2/c1-14(31)25-9-10-26-18-17(21(22,23)24)13-27-20(29-18)28-16-7-5-15(6-8-16)19(32)30-11-3-2-4-12-30/h5-8,13H,2-4,9-12H2,1H3,(H,25,31)(H2,26,27,28,29). The lowest BCUT2D eigenvalue weighted by Gasteiger charge is -2.26. The van der Waals surface area contributed by atoms with Crippen LogP contribution in [0.4, 0.5) is 30.6 Å². The van der Waals surface area contributed by atoms with Crippen LogP contribution >= 0.6 is 0 Å². The van der Waals surface area contributed by atoms with Crippen LogP contribution in [0.1, 0.15) is 42.1 Å². The number of alkyl halides is 3. The number of anilines is 3. The Morgan fingerprint density at radius 3 is 2.38 bits per heavy atom. The van der Waals surface area contributed by atoms with Crippen molar-refractivity contribution >= 4 is 29.3 Å². The molecule has 0 aliphatic carbocycles. The number of benzene rings is 1. The van der Waals surface area contributed by atoms with Gasteiger partial charge in [-0.2, -0.15) is 18.2 Å². The highest BCUT2D eigenvalue weighted by Gasteiger charge is 2.35. The lowest BCUT2D eigenvalue weighted by molar-refractivity contribution is -0.137. The zero-order chi connectivity index (χ0) is 23.1. The molecule has 3 rings (SSSR count). The quantitative estimate of drug-likeness (QED) is 0.559.